The highest BCUT2D eigenvalue weighted by molar-refractivity contribution is 5.43. The van der Waals surface area contributed by atoms with Gasteiger partial charge >= 0.3 is 0 Å². The van der Waals surface area contributed by atoms with Gasteiger partial charge in [-0.05, 0) is 30.5 Å². The number of ether oxygens (including phenoxy) is 3. The van der Waals surface area contributed by atoms with Gasteiger partial charge in [-0.1, -0.05) is 11.2 Å². The quantitative estimate of drug-likeness (QED) is 0.868. The summed E-state index contributed by atoms with van der Waals surface area (Å²) in [4.78, 5) is 4.44. The molecule has 2 atom stereocenters. The van der Waals surface area contributed by atoms with Crippen LogP contribution in [-0.4, -0.2) is 37.0 Å². The number of hydrogen-bond donors (Lipinski definition) is 1. The number of hydrogen-bond acceptors (Lipinski definition) is 7. The SMILES string of the molecule is COc1ccc(Cc2noc([C@@H]3CC[C@@H](CN)O3)n2)cc1OC. The largest absolute Gasteiger partial charge is 0.493 e. The van der Waals surface area contributed by atoms with Crippen LogP contribution >= 0.6 is 0 Å². The standard InChI is InChI=1S/C16H21N3O4/c1-20-12-5-3-10(7-14(12)21-2)8-15-18-16(23-19-15)13-6-4-11(9-17)22-13/h3,5,7,11,13H,4,6,8-9,17H2,1-2H3/t11-,13-/m0/s1. The second-order valence-corrected chi connectivity index (χ2v) is 5.47. The molecule has 2 N–H and O–H groups in total. The van der Waals surface area contributed by atoms with Gasteiger partial charge in [0.2, 0.25) is 0 Å². The zero-order valence-corrected chi connectivity index (χ0v) is 13.3. The van der Waals surface area contributed by atoms with Crippen molar-refractivity contribution in [3.63, 3.8) is 0 Å². The third-order valence-electron chi connectivity index (χ3n) is 3.94. The minimum atomic E-state index is -0.143. The lowest BCUT2D eigenvalue weighted by Crippen LogP contribution is -2.18. The molecular formula is C16H21N3O4. The number of methoxy groups -OCH3 is 2. The molecule has 7 nitrogen and oxygen atoms in total. The maximum atomic E-state index is 5.77. The summed E-state index contributed by atoms with van der Waals surface area (Å²) in [6, 6.07) is 5.72. The zero-order valence-electron chi connectivity index (χ0n) is 13.3. The number of nitrogens with zero attached hydrogens (tertiary/aromatic N) is 2. The number of benzene rings is 1. The van der Waals surface area contributed by atoms with E-state index >= 15 is 0 Å². The van der Waals surface area contributed by atoms with Crippen LogP contribution in [-0.2, 0) is 11.2 Å². The molecule has 0 amide bonds. The molecule has 0 aliphatic carbocycles. The summed E-state index contributed by atoms with van der Waals surface area (Å²) in [6.45, 7) is 0.517. The topological polar surface area (TPSA) is 92.6 Å². The molecule has 1 saturated heterocycles. The molecule has 1 aliphatic heterocycles. The molecular weight excluding hydrogens is 298 g/mol. The van der Waals surface area contributed by atoms with Crippen LogP contribution in [0.1, 0.15) is 36.2 Å². The first-order chi connectivity index (χ1) is 11.2. The first-order valence-electron chi connectivity index (χ1n) is 7.62. The molecule has 1 fully saturated rings. The van der Waals surface area contributed by atoms with Crippen LogP contribution in [0.4, 0.5) is 0 Å². The van der Waals surface area contributed by atoms with Gasteiger partial charge in [0.15, 0.2) is 17.3 Å². The summed E-state index contributed by atoms with van der Waals surface area (Å²) < 4.78 is 21.6. The Morgan fingerprint density at radius 1 is 1.22 bits per heavy atom. The van der Waals surface area contributed by atoms with E-state index in [9.17, 15) is 0 Å². The molecule has 2 heterocycles. The molecule has 0 unspecified atom stereocenters. The first-order valence-corrected chi connectivity index (χ1v) is 7.62. The first kappa shape index (κ1) is 15.8. The molecule has 1 aromatic heterocycles. The van der Waals surface area contributed by atoms with Gasteiger partial charge in [-0.2, -0.15) is 4.98 Å². The van der Waals surface area contributed by atoms with E-state index in [1.54, 1.807) is 14.2 Å². The Balaban J connectivity index is 1.69. The van der Waals surface area contributed by atoms with Crippen molar-refractivity contribution >= 4 is 0 Å². The highest BCUT2D eigenvalue weighted by Crippen LogP contribution is 2.32. The lowest BCUT2D eigenvalue weighted by Gasteiger charge is -2.08. The van der Waals surface area contributed by atoms with Crippen molar-refractivity contribution in [2.75, 3.05) is 20.8 Å². The van der Waals surface area contributed by atoms with Crippen LogP contribution in [0.5, 0.6) is 11.5 Å². The molecule has 7 heteroatoms. The van der Waals surface area contributed by atoms with E-state index < -0.39 is 0 Å². The third-order valence-corrected chi connectivity index (χ3v) is 3.94. The molecule has 0 saturated carbocycles. The average Bonchev–Trinajstić information content (AvgIpc) is 3.23. The highest BCUT2D eigenvalue weighted by atomic mass is 16.5. The Morgan fingerprint density at radius 2 is 2.04 bits per heavy atom. The number of aromatic nitrogens is 2. The Kier molecular flexibility index (Phi) is 4.78. The zero-order chi connectivity index (χ0) is 16.2. The van der Waals surface area contributed by atoms with Crippen molar-refractivity contribution < 1.29 is 18.7 Å². The Morgan fingerprint density at radius 3 is 2.74 bits per heavy atom. The van der Waals surface area contributed by atoms with E-state index in [2.05, 4.69) is 10.1 Å². The van der Waals surface area contributed by atoms with Gasteiger partial charge in [0, 0.05) is 13.0 Å². The summed E-state index contributed by atoms with van der Waals surface area (Å²) in [5, 5.41) is 4.04. The summed E-state index contributed by atoms with van der Waals surface area (Å²) >= 11 is 0. The van der Waals surface area contributed by atoms with Crippen molar-refractivity contribution in [1.82, 2.24) is 10.1 Å². The van der Waals surface area contributed by atoms with Gasteiger partial charge in [-0.25, -0.2) is 0 Å². The van der Waals surface area contributed by atoms with Crippen LogP contribution in [0.25, 0.3) is 0 Å². The monoisotopic (exact) mass is 319 g/mol. The Labute approximate surface area is 134 Å². The minimum absolute atomic E-state index is 0.0844. The molecule has 124 valence electrons. The van der Waals surface area contributed by atoms with Crippen LogP contribution in [0.3, 0.4) is 0 Å². The fraction of sp³-hybridized carbons (Fsp3) is 0.500. The van der Waals surface area contributed by atoms with Crippen LogP contribution in [0, 0.1) is 0 Å². The summed E-state index contributed by atoms with van der Waals surface area (Å²) in [7, 11) is 3.22. The predicted octanol–water partition coefficient (Wildman–Crippen LogP) is 1.86. The highest BCUT2D eigenvalue weighted by Gasteiger charge is 2.29. The fourth-order valence-electron chi connectivity index (χ4n) is 2.70. The van der Waals surface area contributed by atoms with E-state index in [-0.39, 0.29) is 12.2 Å². The number of nitrogens with two attached hydrogens (primary N) is 1. The van der Waals surface area contributed by atoms with Gasteiger partial charge in [0.1, 0.15) is 6.10 Å². The molecule has 0 bridgehead atoms. The van der Waals surface area contributed by atoms with Crippen LogP contribution < -0.4 is 15.2 Å². The average molecular weight is 319 g/mol. The molecule has 3 rings (SSSR count). The van der Waals surface area contributed by atoms with Crippen molar-refractivity contribution in [2.45, 2.75) is 31.5 Å². The summed E-state index contributed by atoms with van der Waals surface area (Å²) in [6.07, 6.45) is 2.28. The fourth-order valence-corrected chi connectivity index (χ4v) is 2.70. The lowest BCUT2D eigenvalue weighted by molar-refractivity contribution is 0.0307. The number of rotatable bonds is 6. The second-order valence-electron chi connectivity index (χ2n) is 5.47. The minimum Gasteiger partial charge on any atom is -0.493 e. The van der Waals surface area contributed by atoms with Crippen LogP contribution in [0.2, 0.25) is 0 Å². The maximum absolute atomic E-state index is 5.77. The summed E-state index contributed by atoms with van der Waals surface area (Å²) in [5.74, 6) is 2.51. The second kappa shape index (κ2) is 6.97. The molecule has 0 spiro atoms. The van der Waals surface area contributed by atoms with Crippen LogP contribution in [0.15, 0.2) is 22.7 Å². The summed E-state index contributed by atoms with van der Waals surface area (Å²) in [5.41, 5.74) is 6.63. The molecule has 1 aliphatic rings. The third kappa shape index (κ3) is 3.46. The van der Waals surface area contributed by atoms with E-state index in [4.69, 9.17) is 24.5 Å². The molecule has 1 aromatic carbocycles. The predicted molar refractivity (Wildman–Crippen MR) is 82.6 cm³/mol. The van der Waals surface area contributed by atoms with E-state index in [1.165, 1.54) is 0 Å². The van der Waals surface area contributed by atoms with E-state index in [0.29, 0.717) is 36.2 Å². The van der Waals surface area contributed by atoms with Gasteiger partial charge in [0.05, 0.1) is 20.3 Å². The van der Waals surface area contributed by atoms with Gasteiger partial charge in [0.25, 0.3) is 5.89 Å². The molecule has 23 heavy (non-hydrogen) atoms. The lowest BCUT2D eigenvalue weighted by atomic mass is 10.1. The maximum Gasteiger partial charge on any atom is 0.255 e. The van der Waals surface area contributed by atoms with Crippen molar-refractivity contribution in [3.05, 3.63) is 35.5 Å². The Bertz CT molecular complexity index is 659. The van der Waals surface area contributed by atoms with Gasteiger partial charge in [-0.15, -0.1) is 0 Å². The van der Waals surface area contributed by atoms with Crippen molar-refractivity contribution in [3.8, 4) is 11.5 Å². The van der Waals surface area contributed by atoms with E-state index in [0.717, 1.165) is 18.4 Å². The molecule has 0 radical (unpaired) electrons. The smallest absolute Gasteiger partial charge is 0.255 e. The Hall–Kier alpha value is -2.12. The van der Waals surface area contributed by atoms with Gasteiger partial charge in [-0.3, -0.25) is 0 Å². The molecule has 2 aromatic rings. The van der Waals surface area contributed by atoms with Crippen molar-refractivity contribution in [1.29, 1.82) is 0 Å². The van der Waals surface area contributed by atoms with E-state index in [1.807, 2.05) is 18.2 Å². The normalized spacial score (nSPS) is 20.7. The van der Waals surface area contributed by atoms with Gasteiger partial charge < -0.3 is 24.5 Å². The van der Waals surface area contributed by atoms with Crippen molar-refractivity contribution in [2.24, 2.45) is 5.73 Å².